The minimum Gasteiger partial charge on any atom is -0.394 e. The van der Waals surface area contributed by atoms with Crippen LogP contribution in [-0.2, 0) is 43.2 Å². The average Bonchev–Trinajstić information content (AvgIpc) is 3.73. The zero-order valence-electron chi connectivity index (χ0n) is 38.0. The van der Waals surface area contributed by atoms with Crippen molar-refractivity contribution in [1.29, 1.82) is 0 Å². The normalized spacial score (nSPS) is 18.0. The number of nitrogens with two attached hydrogens (primary N) is 3. The number of nitrogens with one attached hydrogen (secondary N) is 7. The third-order valence-corrected chi connectivity index (χ3v) is 11.0. The van der Waals surface area contributed by atoms with Gasteiger partial charge in [0.15, 0.2) is 0 Å². The van der Waals surface area contributed by atoms with Crippen LogP contribution in [0.1, 0.15) is 86.5 Å². The van der Waals surface area contributed by atoms with Gasteiger partial charge in [-0.25, -0.2) is 0 Å². The number of likely N-dealkylation sites (tertiary alicyclic amines) is 1. The monoisotopic (exact) mass is 932 g/mol. The van der Waals surface area contributed by atoms with E-state index in [1.807, 2.05) is 6.26 Å². The van der Waals surface area contributed by atoms with Crippen LogP contribution in [0.4, 0.5) is 0 Å². The SMILES string of the molecule is CSCCC(NC(=O)C(N)C(C)O)C(=O)NC(CCCCN)C(=O)NC(C(=O)NC(CC(C)C)C(=O)NC(C(=O)NCC(=O)NC(CO)C(=O)N1CCCC1C(N)=O)C(C)O)C(C)C. The van der Waals surface area contributed by atoms with Crippen LogP contribution in [-0.4, -0.2) is 172 Å². The molecular formula is C40H73N11O12S. The summed E-state index contributed by atoms with van der Waals surface area (Å²) >= 11 is 1.42. The molecule has 24 heteroatoms. The predicted octanol–water partition coefficient (Wildman–Crippen LogP) is -4.85. The summed E-state index contributed by atoms with van der Waals surface area (Å²) in [5.74, 6) is -7.47. The van der Waals surface area contributed by atoms with Gasteiger partial charge in [-0.3, -0.25) is 43.2 Å². The van der Waals surface area contributed by atoms with Gasteiger partial charge < -0.3 is 74.6 Å². The Labute approximate surface area is 379 Å². The second-order valence-electron chi connectivity index (χ2n) is 16.7. The van der Waals surface area contributed by atoms with Gasteiger partial charge in [0.2, 0.25) is 53.2 Å². The van der Waals surface area contributed by atoms with Gasteiger partial charge in [0.1, 0.15) is 48.3 Å². The molecule has 0 saturated carbocycles. The van der Waals surface area contributed by atoms with Gasteiger partial charge in [-0.05, 0) is 89.2 Å². The third kappa shape index (κ3) is 19.2. The first-order chi connectivity index (χ1) is 30.0. The van der Waals surface area contributed by atoms with Crippen molar-refractivity contribution in [3.05, 3.63) is 0 Å². The minimum atomic E-state index is -1.63. The number of carbonyl (C=O) groups excluding carboxylic acids is 9. The Morgan fingerprint density at radius 3 is 1.80 bits per heavy atom. The second-order valence-corrected chi connectivity index (χ2v) is 17.7. The molecule has 1 aliphatic heterocycles. The Hall–Kier alpha value is -4.62. The van der Waals surface area contributed by atoms with Crippen molar-refractivity contribution >= 4 is 64.9 Å². The van der Waals surface area contributed by atoms with E-state index in [1.165, 1.54) is 30.5 Å². The standard InChI is InChI=1S/C40H73N11O12S/c1-20(2)17-26(36(59)50-32(23(6)54)38(61)44-18-29(55)45-27(19-52)40(63)51-15-10-12-28(51)33(43)56)48-39(62)31(21(3)4)49-35(58)24(11-8-9-14-41)46-34(57)25(13-16-64-7)47-37(60)30(42)22(5)53/h20-28,30-32,52-54H,8-19,41-42H2,1-7H3,(H2,43,56)(H,44,61)(H,45,55)(H,46,57)(H,47,60)(H,48,62)(H,49,58)(H,50,59). The topological polar surface area (TPSA) is 380 Å². The van der Waals surface area contributed by atoms with E-state index in [2.05, 4.69) is 37.2 Å². The van der Waals surface area contributed by atoms with Crippen molar-refractivity contribution in [3.8, 4) is 0 Å². The third-order valence-electron chi connectivity index (χ3n) is 10.4. The Balaban J connectivity index is 3.16. The first kappa shape index (κ1) is 57.4. The molecule has 64 heavy (non-hydrogen) atoms. The highest BCUT2D eigenvalue weighted by atomic mass is 32.2. The van der Waals surface area contributed by atoms with Crippen LogP contribution in [0.25, 0.3) is 0 Å². The highest BCUT2D eigenvalue weighted by Crippen LogP contribution is 2.18. The first-order valence-electron chi connectivity index (χ1n) is 21.6. The Kier molecular flexibility index (Phi) is 26.0. The van der Waals surface area contributed by atoms with Gasteiger partial charge in [0, 0.05) is 6.54 Å². The van der Waals surface area contributed by atoms with E-state index in [0.29, 0.717) is 38.0 Å². The summed E-state index contributed by atoms with van der Waals surface area (Å²) in [6.45, 7) is 8.34. The van der Waals surface area contributed by atoms with E-state index in [9.17, 15) is 58.5 Å². The fourth-order valence-corrected chi connectivity index (χ4v) is 7.14. The molecule has 10 atom stereocenters. The lowest BCUT2D eigenvalue weighted by molar-refractivity contribution is -0.141. The molecule has 1 fully saturated rings. The minimum absolute atomic E-state index is 0.0523. The van der Waals surface area contributed by atoms with Crippen LogP contribution >= 0.6 is 11.8 Å². The number of aliphatic hydroxyl groups is 3. The molecule has 0 radical (unpaired) electrons. The van der Waals surface area contributed by atoms with E-state index in [0.717, 1.165) is 0 Å². The average molecular weight is 932 g/mol. The summed E-state index contributed by atoms with van der Waals surface area (Å²) in [5, 5.41) is 47.6. The number of hydrogen-bond acceptors (Lipinski definition) is 15. The van der Waals surface area contributed by atoms with Crippen molar-refractivity contribution in [2.75, 3.05) is 38.2 Å². The smallest absolute Gasteiger partial charge is 0.248 e. The number of hydrogen-bond donors (Lipinski definition) is 13. The van der Waals surface area contributed by atoms with Crippen LogP contribution in [0.5, 0.6) is 0 Å². The number of thioether (sulfide) groups is 1. The van der Waals surface area contributed by atoms with Crippen molar-refractivity contribution in [1.82, 2.24) is 42.1 Å². The van der Waals surface area contributed by atoms with Crippen molar-refractivity contribution in [3.63, 3.8) is 0 Å². The maximum Gasteiger partial charge on any atom is 0.248 e. The summed E-state index contributed by atoms with van der Waals surface area (Å²) in [6, 6.07) is -10.1. The quantitative estimate of drug-likeness (QED) is 0.0313. The fourth-order valence-electron chi connectivity index (χ4n) is 6.67. The number of rotatable bonds is 29. The molecule has 1 heterocycles. The molecule has 1 aliphatic rings. The van der Waals surface area contributed by atoms with Crippen molar-refractivity contribution < 1.29 is 58.5 Å². The molecule has 0 aromatic heterocycles. The lowest BCUT2D eigenvalue weighted by Crippen LogP contribution is -2.61. The van der Waals surface area contributed by atoms with Crippen LogP contribution in [0.3, 0.4) is 0 Å². The Morgan fingerprint density at radius 1 is 0.703 bits per heavy atom. The highest BCUT2D eigenvalue weighted by Gasteiger charge is 2.38. The van der Waals surface area contributed by atoms with E-state index in [4.69, 9.17) is 17.2 Å². The van der Waals surface area contributed by atoms with Gasteiger partial charge in [0.25, 0.3) is 0 Å². The molecule has 9 amide bonds. The van der Waals surface area contributed by atoms with Gasteiger partial charge in [-0.1, -0.05) is 27.7 Å². The maximum atomic E-state index is 13.9. The predicted molar refractivity (Wildman–Crippen MR) is 237 cm³/mol. The number of aliphatic hydroxyl groups excluding tert-OH is 3. The van der Waals surface area contributed by atoms with E-state index in [1.54, 1.807) is 27.7 Å². The number of nitrogens with zero attached hydrogens (tertiary/aromatic N) is 1. The molecule has 1 saturated heterocycles. The summed E-state index contributed by atoms with van der Waals surface area (Å²) < 4.78 is 0. The molecule has 0 bridgehead atoms. The van der Waals surface area contributed by atoms with Crippen LogP contribution in [0.15, 0.2) is 0 Å². The molecule has 23 nitrogen and oxygen atoms in total. The lowest BCUT2D eigenvalue weighted by Gasteiger charge is -2.29. The van der Waals surface area contributed by atoms with Gasteiger partial charge >= 0.3 is 0 Å². The lowest BCUT2D eigenvalue weighted by atomic mass is 9.98. The highest BCUT2D eigenvalue weighted by molar-refractivity contribution is 7.98. The summed E-state index contributed by atoms with van der Waals surface area (Å²) in [6.07, 6.45) is 1.22. The van der Waals surface area contributed by atoms with Gasteiger partial charge in [-0.15, -0.1) is 0 Å². The molecule has 1 rings (SSSR count). The summed E-state index contributed by atoms with van der Waals surface area (Å²) in [7, 11) is 0. The zero-order chi connectivity index (χ0) is 48.8. The molecule has 366 valence electrons. The molecule has 0 aromatic rings. The molecule has 0 aromatic carbocycles. The number of amides is 9. The van der Waals surface area contributed by atoms with Gasteiger partial charge in [-0.2, -0.15) is 11.8 Å². The number of carbonyl (C=O) groups is 9. The van der Waals surface area contributed by atoms with Crippen LogP contribution in [0.2, 0.25) is 0 Å². The molecular weight excluding hydrogens is 859 g/mol. The molecule has 10 unspecified atom stereocenters. The van der Waals surface area contributed by atoms with E-state index < -0.39 is 133 Å². The van der Waals surface area contributed by atoms with Crippen LogP contribution < -0.4 is 54.4 Å². The number of unbranched alkanes of at least 4 members (excludes halogenated alkanes) is 1. The van der Waals surface area contributed by atoms with Crippen LogP contribution in [0, 0.1) is 11.8 Å². The maximum absolute atomic E-state index is 13.9. The fraction of sp³-hybridized carbons (Fsp3) is 0.775. The number of primary amides is 1. The molecule has 16 N–H and O–H groups in total. The first-order valence-corrected chi connectivity index (χ1v) is 23.0. The van der Waals surface area contributed by atoms with Crippen molar-refractivity contribution in [2.45, 2.75) is 147 Å². The van der Waals surface area contributed by atoms with Gasteiger partial charge in [0.05, 0.1) is 25.4 Å². The second kappa shape index (κ2) is 29.0. The summed E-state index contributed by atoms with van der Waals surface area (Å²) in [5.41, 5.74) is 16.8. The summed E-state index contributed by atoms with van der Waals surface area (Å²) in [4.78, 5) is 119. The van der Waals surface area contributed by atoms with Crippen molar-refractivity contribution in [2.24, 2.45) is 29.0 Å². The Morgan fingerprint density at radius 2 is 1.27 bits per heavy atom. The van der Waals surface area contributed by atoms with E-state index in [-0.39, 0.29) is 31.7 Å². The zero-order valence-corrected chi connectivity index (χ0v) is 38.8. The Bertz CT molecular complexity index is 1590. The van der Waals surface area contributed by atoms with E-state index >= 15 is 0 Å². The largest absolute Gasteiger partial charge is 0.394 e. The molecule has 0 aliphatic carbocycles. The molecule has 0 spiro atoms.